The first-order valence-corrected chi connectivity index (χ1v) is 9.86. The van der Waals surface area contributed by atoms with Crippen LogP contribution in [-0.2, 0) is 0 Å². The molecule has 2 fully saturated rings. The SMILES string of the molecule is COc1ccc(C(=O)N2C[C@@H]3C[C@H]2C[C@@H]3NC(=O)c2cccs2)c(OC)c1. The number of hydrogen-bond donors (Lipinski definition) is 1. The Morgan fingerprint density at radius 2 is 2.04 bits per heavy atom. The molecule has 27 heavy (non-hydrogen) atoms. The molecule has 1 N–H and O–H groups in total. The number of amides is 2. The van der Waals surface area contributed by atoms with E-state index in [9.17, 15) is 9.59 Å². The van der Waals surface area contributed by atoms with E-state index in [1.165, 1.54) is 11.3 Å². The average Bonchev–Trinajstić information content (AvgIpc) is 3.43. The van der Waals surface area contributed by atoms with Crippen LogP contribution in [0.4, 0.5) is 0 Å². The number of hydrogen-bond acceptors (Lipinski definition) is 5. The molecule has 2 heterocycles. The molecule has 0 radical (unpaired) electrons. The van der Waals surface area contributed by atoms with E-state index < -0.39 is 0 Å². The van der Waals surface area contributed by atoms with Crippen LogP contribution >= 0.6 is 11.3 Å². The predicted octanol–water partition coefficient (Wildman–Crippen LogP) is 2.80. The average molecular weight is 386 g/mol. The van der Waals surface area contributed by atoms with E-state index >= 15 is 0 Å². The van der Waals surface area contributed by atoms with Crippen molar-refractivity contribution in [2.45, 2.75) is 24.9 Å². The maximum absolute atomic E-state index is 13.1. The van der Waals surface area contributed by atoms with Crippen LogP contribution in [0.25, 0.3) is 0 Å². The van der Waals surface area contributed by atoms with E-state index in [0.29, 0.717) is 29.5 Å². The summed E-state index contributed by atoms with van der Waals surface area (Å²) in [7, 11) is 3.14. The van der Waals surface area contributed by atoms with Crippen LogP contribution in [0.1, 0.15) is 32.9 Å². The van der Waals surface area contributed by atoms with Crippen molar-refractivity contribution in [3.8, 4) is 11.5 Å². The van der Waals surface area contributed by atoms with Crippen molar-refractivity contribution >= 4 is 23.2 Å². The van der Waals surface area contributed by atoms with E-state index in [4.69, 9.17) is 9.47 Å². The second-order valence-corrected chi connectivity index (χ2v) is 7.91. The number of carbonyl (C=O) groups excluding carboxylic acids is 2. The normalized spacial score (nSPS) is 23.3. The summed E-state index contributed by atoms with van der Waals surface area (Å²) in [6.45, 7) is 0.661. The molecule has 1 aromatic heterocycles. The summed E-state index contributed by atoms with van der Waals surface area (Å²) >= 11 is 1.44. The van der Waals surface area contributed by atoms with Gasteiger partial charge in [-0.05, 0) is 42.3 Å². The Bertz CT molecular complexity index is 852. The maximum Gasteiger partial charge on any atom is 0.261 e. The summed E-state index contributed by atoms with van der Waals surface area (Å²) < 4.78 is 10.6. The summed E-state index contributed by atoms with van der Waals surface area (Å²) in [5.74, 6) is 1.43. The molecule has 3 atom stereocenters. The van der Waals surface area contributed by atoms with Crippen LogP contribution in [0.3, 0.4) is 0 Å². The number of nitrogens with one attached hydrogen (secondary N) is 1. The van der Waals surface area contributed by atoms with Crippen LogP contribution in [0.15, 0.2) is 35.7 Å². The number of ether oxygens (including phenoxy) is 2. The summed E-state index contributed by atoms with van der Waals surface area (Å²) in [4.78, 5) is 28.0. The predicted molar refractivity (Wildman–Crippen MR) is 103 cm³/mol. The number of nitrogens with zero attached hydrogens (tertiary/aromatic N) is 1. The van der Waals surface area contributed by atoms with Crippen molar-refractivity contribution in [3.63, 3.8) is 0 Å². The summed E-state index contributed by atoms with van der Waals surface area (Å²) in [6, 6.07) is 9.25. The number of rotatable bonds is 5. The van der Waals surface area contributed by atoms with E-state index in [0.717, 1.165) is 17.7 Å². The van der Waals surface area contributed by atoms with E-state index in [-0.39, 0.29) is 23.9 Å². The van der Waals surface area contributed by atoms with E-state index in [1.54, 1.807) is 32.4 Å². The molecule has 142 valence electrons. The van der Waals surface area contributed by atoms with Gasteiger partial charge in [-0.1, -0.05) is 6.07 Å². The van der Waals surface area contributed by atoms with Gasteiger partial charge in [0.2, 0.25) is 0 Å². The quantitative estimate of drug-likeness (QED) is 0.858. The Morgan fingerprint density at radius 3 is 2.67 bits per heavy atom. The minimum Gasteiger partial charge on any atom is -0.497 e. The lowest BCUT2D eigenvalue weighted by Crippen LogP contribution is -2.47. The molecule has 2 aliphatic rings. The Labute approximate surface area is 162 Å². The number of piperidine rings is 1. The molecular weight excluding hydrogens is 364 g/mol. The zero-order valence-corrected chi connectivity index (χ0v) is 16.1. The topological polar surface area (TPSA) is 67.9 Å². The Hall–Kier alpha value is -2.54. The van der Waals surface area contributed by atoms with Crippen LogP contribution in [0.2, 0.25) is 0 Å². The molecule has 7 heteroatoms. The molecular formula is C20H22N2O4S. The van der Waals surface area contributed by atoms with Crippen molar-refractivity contribution in [1.82, 2.24) is 10.2 Å². The van der Waals surface area contributed by atoms with Gasteiger partial charge in [0.05, 0.1) is 24.7 Å². The molecule has 1 saturated heterocycles. The van der Waals surface area contributed by atoms with Crippen LogP contribution in [0, 0.1) is 5.92 Å². The molecule has 4 rings (SSSR count). The summed E-state index contributed by atoms with van der Waals surface area (Å²) in [6.07, 6.45) is 1.73. The van der Waals surface area contributed by atoms with E-state index in [1.807, 2.05) is 22.4 Å². The van der Waals surface area contributed by atoms with Gasteiger partial charge in [-0.25, -0.2) is 0 Å². The lowest BCUT2D eigenvalue weighted by Gasteiger charge is -2.32. The van der Waals surface area contributed by atoms with Crippen LogP contribution in [0.5, 0.6) is 11.5 Å². The lowest BCUT2D eigenvalue weighted by atomic mass is 10.0. The molecule has 2 bridgehead atoms. The number of likely N-dealkylation sites (tertiary alicyclic amines) is 1. The highest BCUT2D eigenvalue weighted by Crippen LogP contribution is 2.40. The van der Waals surface area contributed by atoms with Crippen LogP contribution < -0.4 is 14.8 Å². The first kappa shape index (κ1) is 17.9. The van der Waals surface area contributed by atoms with Crippen molar-refractivity contribution in [1.29, 1.82) is 0 Å². The standard InChI is InChI=1S/C20H22N2O4S/c1-25-14-5-6-15(17(10-14)26-2)20(24)22-11-12-8-13(22)9-16(12)21-19(23)18-4-3-7-27-18/h3-7,10,12-13,16H,8-9,11H2,1-2H3,(H,21,23)/t12-,13-,16-/m0/s1. The van der Waals surface area contributed by atoms with Gasteiger partial charge in [-0.15, -0.1) is 11.3 Å². The summed E-state index contributed by atoms with van der Waals surface area (Å²) in [5, 5.41) is 5.04. The maximum atomic E-state index is 13.1. The Morgan fingerprint density at radius 1 is 1.19 bits per heavy atom. The number of carbonyl (C=O) groups is 2. The van der Waals surface area contributed by atoms with Gasteiger partial charge >= 0.3 is 0 Å². The smallest absolute Gasteiger partial charge is 0.261 e. The number of methoxy groups -OCH3 is 2. The van der Waals surface area contributed by atoms with Crippen molar-refractivity contribution < 1.29 is 19.1 Å². The zero-order valence-electron chi connectivity index (χ0n) is 15.3. The lowest BCUT2D eigenvalue weighted by molar-refractivity contribution is 0.0677. The number of thiophene rings is 1. The fourth-order valence-corrected chi connectivity index (χ4v) is 4.78. The Balaban J connectivity index is 1.43. The van der Waals surface area contributed by atoms with Crippen molar-refractivity contribution in [3.05, 3.63) is 46.2 Å². The van der Waals surface area contributed by atoms with Gasteiger partial charge in [0.15, 0.2) is 0 Å². The molecule has 6 nitrogen and oxygen atoms in total. The summed E-state index contributed by atoms with van der Waals surface area (Å²) in [5.41, 5.74) is 0.546. The molecule has 1 aliphatic heterocycles. The molecule has 2 amide bonds. The number of fused-ring (bicyclic) bond motifs is 2. The fourth-order valence-electron chi connectivity index (χ4n) is 4.16. The zero-order chi connectivity index (χ0) is 19.0. The van der Waals surface area contributed by atoms with E-state index in [2.05, 4.69) is 5.32 Å². The highest BCUT2D eigenvalue weighted by atomic mass is 32.1. The minimum atomic E-state index is -0.0231. The highest BCUT2D eigenvalue weighted by Gasteiger charge is 2.47. The minimum absolute atomic E-state index is 0.0164. The van der Waals surface area contributed by atoms with Crippen molar-refractivity contribution in [2.24, 2.45) is 5.92 Å². The van der Waals surface area contributed by atoms with Gasteiger partial charge in [0.25, 0.3) is 11.8 Å². The monoisotopic (exact) mass is 386 g/mol. The highest BCUT2D eigenvalue weighted by molar-refractivity contribution is 7.12. The molecule has 1 aromatic carbocycles. The molecule has 0 unspecified atom stereocenters. The second-order valence-electron chi connectivity index (χ2n) is 6.97. The van der Waals surface area contributed by atoms with Gasteiger partial charge in [-0.2, -0.15) is 0 Å². The molecule has 1 saturated carbocycles. The third-order valence-corrected chi connectivity index (χ3v) is 6.37. The van der Waals surface area contributed by atoms with Gasteiger partial charge < -0.3 is 19.7 Å². The van der Waals surface area contributed by atoms with Crippen molar-refractivity contribution in [2.75, 3.05) is 20.8 Å². The molecule has 2 aromatic rings. The van der Waals surface area contributed by atoms with Gasteiger partial charge in [0.1, 0.15) is 11.5 Å². The third-order valence-electron chi connectivity index (χ3n) is 5.50. The Kier molecular flexibility index (Phi) is 4.78. The third kappa shape index (κ3) is 3.27. The number of benzene rings is 1. The van der Waals surface area contributed by atoms with Crippen LogP contribution in [-0.4, -0.2) is 49.6 Å². The largest absolute Gasteiger partial charge is 0.497 e. The second kappa shape index (κ2) is 7.23. The molecule has 1 aliphatic carbocycles. The van der Waals surface area contributed by atoms with Gasteiger partial charge in [0, 0.05) is 24.7 Å². The van der Waals surface area contributed by atoms with Gasteiger partial charge in [-0.3, -0.25) is 9.59 Å². The fraction of sp³-hybridized carbons (Fsp3) is 0.400. The molecule has 0 spiro atoms. The first-order chi connectivity index (χ1) is 13.1. The first-order valence-electron chi connectivity index (χ1n) is 8.98.